The number of ether oxygens (including phenoxy) is 1. The Labute approximate surface area is 141 Å². The Morgan fingerprint density at radius 1 is 1.17 bits per heavy atom. The predicted molar refractivity (Wildman–Crippen MR) is 90.4 cm³/mol. The number of rotatable bonds is 6. The van der Waals surface area contributed by atoms with Gasteiger partial charge < -0.3 is 15.4 Å². The summed E-state index contributed by atoms with van der Waals surface area (Å²) in [6.07, 6.45) is 3.18. The molecule has 0 radical (unpaired) electrons. The van der Waals surface area contributed by atoms with Gasteiger partial charge in [0.05, 0.1) is 12.1 Å². The van der Waals surface area contributed by atoms with E-state index < -0.39 is 0 Å². The van der Waals surface area contributed by atoms with E-state index in [4.69, 9.17) is 16.3 Å². The Morgan fingerprint density at radius 3 is 2.43 bits per heavy atom. The Morgan fingerprint density at radius 2 is 1.83 bits per heavy atom. The summed E-state index contributed by atoms with van der Waals surface area (Å²) in [4.78, 5) is 16.0. The van der Waals surface area contributed by atoms with E-state index in [9.17, 15) is 4.79 Å². The number of urea groups is 1. The third kappa shape index (κ3) is 5.23. The highest BCUT2D eigenvalue weighted by atomic mass is 35.5. The van der Waals surface area contributed by atoms with Gasteiger partial charge >= 0.3 is 6.03 Å². The number of nitrogens with zero attached hydrogens (tertiary/aromatic N) is 1. The normalized spacial score (nSPS) is 13.2. The number of amides is 2. The van der Waals surface area contributed by atoms with Crippen LogP contribution < -0.4 is 10.6 Å². The Balaban J connectivity index is 1.86. The molecule has 0 aliphatic heterocycles. The fourth-order valence-electron chi connectivity index (χ4n) is 2.18. The molecule has 0 saturated heterocycles. The van der Waals surface area contributed by atoms with Crippen LogP contribution in [0.25, 0.3) is 0 Å². The first-order valence-corrected chi connectivity index (χ1v) is 7.70. The number of hydrogen-bond donors (Lipinski definition) is 2. The lowest BCUT2D eigenvalue weighted by atomic mass is 10.1. The highest BCUT2D eigenvalue weighted by molar-refractivity contribution is 6.30. The lowest BCUT2D eigenvalue weighted by Crippen LogP contribution is -2.39. The van der Waals surface area contributed by atoms with Crippen LogP contribution in [0.15, 0.2) is 48.8 Å². The van der Waals surface area contributed by atoms with Crippen molar-refractivity contribution >= 4 is 17.6 Å². The van der Waals surface area contributed by atoms with Crippen molar-refractivity contribution in [1.29, 1.82) is 0 Å². The topological polar surface area (TPSA) is 63.2 Å². The van der Waals surface area contributed by atoms with Gasteiger partial charge in [-0.05, 0) is 42.3 Å². The average Bonchev–Trinajstić information content (AvgIpc) is 2.57. The largest absolute Gasteiger partial charge is 0.375 e. The van der Waals surface area contributed by atoms with E-state index in [0.717, 1.165) is 11.1 Å². The Hall–Kier alpha value is -2.11. The van der Waals surface area contributed by atoms with Crippen LogP contribution in [-0.4, -0.2) is 24.7 Å². The summed E-state index contributed by atoms with van der Waals surface area (Å²) < 4.78 is 5.42. The maximum atomic E-state index is 12.0. The van der Waals surface area contributed by atoms with Crippen LogP contribution in [0.2, 0.25) is 5.02 Å². The SMILES string of the molecule is CO[C@H](CNC(=O)N[C@H](C)c1ccncc1)c1ccc(Cl)cc1. The summed E-state index contributed by atoms with van der Waals surface area (Å²) in [5.74, 6) is 0. The van der Waals surface area contributed by atoms with Crippen LogP contribution in [0.1, 0.15) is 30.2 Å². The molecule has 0 aliphatic carbocycles. The minimum absolute atomic E-state index is 0.102. The van der Waals surface area contributed by atoms with Gasteiger partial charge in [0.15, 0.2) is 0 Å². The molecule has 2 amide bonds. The maximum absolute atomic E-state index is 12.0. The van der Waals surface area contributed by atoms with Crippen molar-refractivity contribution in [3.8, 4) is 0 Å². The molecule has 1 aromatic carbocycles. The second kappa shape index (κ2) is 8.50. The molecule has 122 valence electrons. The summed E-state index contributed by atoms with van der Waals surface area (Å²) in [6.45, 7) is 2.29. The van der Waals surface area contributed by atoms with Gasteiger partial charge in [0, 0.05) is 31.1 Å². The van der Waals surface area contributed by atoms with Gasteiger partial charge in [-0.2, -0.15) is 0 Å². The zero-order valence-corrected chi connectivity index (χ0v) is 13.9. The summed E-state index contributed by atoms with van der Waals surface area (Å²) in [5, 5.41) is 6.37. The Bertz CT molecular complexity index is 619. The molecule has 6 heteroatoms. The molecule has 0 fully saturated rings. The van der Waals surface area contributed by atoms with Crippen molar-refractivity contribution in [2.75, 3.05) is 13.7 Å². The van der Waals surface area contributed by atoms with E-state index in [1.807, 2.05) is 31.2 Å². The van der Waals surface area contributed by atoms with Crippen molar-refractivity contribution in [2.45, 2.75) is 19.1 Å². The van der Waals surface area contributed by atoms with E-state index in [1.165, 1.54) is 0 Å². The first kappa shape index (κ1) is 17.2. The molecule has 2 rings (SSSR count). The number of halogens is 1. The van der Waals surface area contributed by atoms with Gasteiger partial charge in [-0.15, -0.1) is 0 Å². The number of hydrogen-bond acceptors (Lipinski definition) is 3. The first-order chi connectivity index (χ1) is 11.1. The number of aromatic nitrogens is 1. The lowest BCUT2D eigenvalue weighted by molar-refractivity contribution is 0.104. The molecule has 2 atom stereocenters. The van der Waals surface area contributed by atoms with Crippen molar-refractivity contribution in [3.63, 3.8) is 0 Å². The summed E-state index contributed by atoms with van der Waals surface area (Å²) in [6, 6.07) is 10.8. The zero-order valence-electron chi connectivity index (χ0n) is 13.1. The molecular weight excluding hydrogens is 314 g/mol. The first-order valence-electron chi connectivity index (χ1n) is 7.32. The van der Waals surface area contributed by atoms with E-state index in [-0.39, 0.29) is 18.2 Å². The smallest absolute Gasteiger partial charge is 0.315 e. The van der Waals surface area contributed by atoms with Crippen LogP contribution in [0.3, 0.4) is 0 Å². The molecular formula is C17H20ClN3O2. The summed E-state index contributed by atoms with van der Waals surface area (Å²) in [7, 11) is 1.61. The van der Waals surface area contributed by atoms with Crippen molar-refractivity contribution < 1.29 is 9.53 Å². The molecule has 1 aromatic heterocycles. The Kier molecular flexibility index (Phi) is 6.38. The minimum atomic E-state index is -0.245. The monoisotopic (exact) mass is 333 g/mol. The van der Waals surface area contributed by atoms with Crippen LogP contribution in [0.4, 0.5) is 4.79 Å². The van der Waals surface area contributed by atoms with Crippen molar-refractivity contribution in [1.82, 2.24) is 15.6 Å². The van der Waals surface area contributed by atoms with Gasteiger partial charge in [-0.3, -0.25) is 4.98 Å². The highest BCUT2D eigenvalue weighted by Gasteiger charge is 2.13. The molecule has 0 spiro atoms. The molecule has 2 N–H and O–H groups in total. The van der Waals surface area contributed by atoms with Gasteiger partial charge in [0.2, 0.25) is 0 Å². The molecule has 5 nitrogen and oxygen atoms in total. The molecule has 23 heavy (non-hydrogen) atoms. The van der Waals surface area contributed by atoms with Crippen LogP contribution in [0, 0.1) is 0 Å². The zero-order chi connectivity index (χ0) is 16.7. The lowest BCUT2D eigenvalue weighted by Gasteiger charge is -2.19. The number of carbonyl (C=O) groups is 1. The fraction of sp³-hybridized carbons (Fsp3) is 0.294. The molecule has 2 aromatic rings. The number of pyridine rings is 1. The molecule has 0 unspecified atom stereocenters. The molecule has 0 aliphatic rings. The number of carbonyl (C=O) groups excluding carboxylic acids is 1. The quantitative estimate of drug-likeness (QED) is 0.850. The third-order valence-electron chi connectivity index (χ3n) is 3.53. The van der Waals surface area contributed by atoms with Crippen LogP contribution in [-0.2, 0) is 4.74 Å². The van der Waals surface area contributed by atoms with E-state index >= 15 is 0 Å². The summed E-state index contributed by atoms with van der Waals surface area (Å²) >= 11 is 5.88. The molecule has 1 heterocycles. The van der Waals surface area contributed by atoms with Gasteiger partial charge in [-0.25, -0.2) is 4.79 Å². The number of methoxy groups -OCH3 is 1. The second-order valence-electron chi connectivity index (χ2n) is 5.13. The van der Waals surface area contributed by atoms with Gasteiger partial charge in [-0.1, -0.05) is 23.7 Å². The van der Waals surface area contributed by atoms with Crippen molar-refractivity contribution in [3.05, 3.63) is 64.9 Å². The number of nitrogens with one attached hydrogen (secondary N) is 2. The van der Waals surface area contributed by atoms with Gasteiger partial charge in [0.1, 0.15) is 0 Å². The van der Waals surface area contributed by atoms with E-state index in [1.54, 1.807) is 31.6 Å². The average molecular weight is 334 g/mol. The maximum Gasteiger partial charge on any atom is 0.315 e. The van der Waals surface area contributed by atoms with E-state index in [0.29, 0.717) is 11.6 Å². The fourth-order valence-corrected chi connectivity index (χ4v) is 2.31. The molecule has 0 saturated carbocycles. The second-order valence-corrected chi connectivity index (χ2v) is 5.57. The van der Waals surface area contributed by atoms with Crippen molar-refractivity contribution in [2.24, 2.45) is 0 Å². The number of benzene rings is 1. The van der Waals surface area contributed by atoms with Crippen LogP contribution >= 0.6 is 11.6 Å². The predicted octanol–water partition coefficient (Wildman–Crippen LogP) is 3.48. The minimum Gasteiger partial charge on any atom is -0.375 e. The standard InChI is InChI=1S/C17H20ClN3O2/c1-12(13-7-9-19-10-8-13)21-17(22)20-11-16(23-2)14-3-5-15(18)6-4-14/h3-10,12,16H,11H2,1-2H3,(H2,20,21,22)/t12-,16-/m1/s1. The summed E-state index contributed by atoms with van der Waals surface area (Å²) in [5.41, 5.74) is 1.95. The van der Waals surface area contributed by atoms with Gasteiger partial charge in [0.25, 0.3) is 0 Å². The van der Waals surface area contributed by atoms with E-state index in [2.05, 4.69) is 15.6 Å². The van der Waals surface area contributed by atoms with Crippen LogP contribution in [0.5, 0.6) is 0 Å². The molecule has 0 bridgehead atoms. The third-order valence-corrected chi connectivity index (χ3v) is 3.78. The highest BCUT2D eigenvalue weighted by Crippen LogP contribution is 2.18.